The van der Waals surface area contributed by atoms with E-state index in [1.54, 1.807) is 24.3 Å². The highest BCUT2D eigenvalue weighted by Gasteiger charge is 2.31. The molecular formula is C14H22N2O3S. The van der Waals surface area contributed by atoms with Crippen molar-refractivity contribution in [3.63, 3.8) is 0 Å². The number of anilines is 1. The average Bonchev–Trinajstić information content (AvgIpc) is 2.95. The topological polar surface area (TPSA) is 69.6 Å². The lowest BCUT2D eigenvalue weighted by Crippen LogP contribution is -2.29. The molecule has 1 aromatic carbocycles. The van der Waals surface area contributed by atoms with Crippen molar-refractivity contribution < 1.29 is 13.5 Å². The average molecular weight is 298 g/mol. The van der Waals surface area contributed by atoms with Crippen molar-refractivity contribution in [3.8, 4) is 0 Å². The molecule has 0 bridgehead atoms. The zero-order chi connectivity index (χ0) is 14.6. The van der Waals surface area contributed by atoms with Gasteiger partial charge in [0, 0.05) is 31.9 Å². The number of aliphatic hydroxyl groups excluding tert-OH is 1. The summed E-state index contributed by atoms with van der Waals surface area (Å²) in [5.41, 5.74) is 0.931. The molecule has 20 heavy (non-hydrogen) atoms. The van der Waals surface area contributed by atoms with Gasteiger partial charge in [0.2, 0.25) is 10.0 Å². The Hall–Kier alpha value is -1.11. The van der Waals surface area contributed by atoms with Gasteiger partial charge < -0.3 is 10.4 Å². The van der Waals surface area contributed by atoms with E-state index in [0.29, 0.717) is 18.0 Å². The van der Waals surface area contributed by atoms with Crippen molar-refractivity contribution in [2.75, 3.05) is 31.6 Å². The molecule has 0 amide bonds. The lowest BCUT2D eigenvalue weighted by molar-refractivity contribution is 0.233. The third kappa shape index (κ3) is 3.31. The van der Waals surface area contributed by atoms with Gasteiger partial charge in [-0.15, -0.1) is 0 Å². The molecule has 1 atom stereocenters. The van der Waals surface area contributed by atoms with E-state index in [1.165, 1.54) is 4.31 Å². The monoisotopic (exact) mass is 298 g/mol. The minimum atomic E-state index is -3.42. The normalized spacial score (nSPS) is 20.2. The van der Waals surface area contributed by atoms with Gasteiger partial charge in [0.15, 0.2) is 0 Å². The van der Waals surface area contributed by atoms with Crippen LogP contribution in [0.3, 0.4) is 0 Å². The SMILES string of the molecule is CCCNc1ccc(S(=O)(=O)N2CCC(CO)C2)cc1. The van der Waals surface area contributed by atoms with Crippen LogP contribution in [0, 0.1) is 5.92 Å². The molecule has 0 aromatic heterocycles. The van der Waals surface area contributed by atoms with Crippen LogP contribution in [0.1, 0.15) is 19.8 Å². The molecular weight excluding hydrogens is 276 g/mol. The van der Waals surface area contributed by atoms with Crippen LogP contribution >= 0.6 is 0 Å². The Morgan fingerprint density at radius 1 is 1.35 bits per heavy atom. The predicted octanol–water partition coefficient (Wildman–Crippen LogP) is 1.51. The van der Waals surface area contributed by atoms with Gasteiger partial charge in [-0.2, -0.15) is 4.31 Å². The summed E-state index contributed by atoms with van der Waals surface area (Å²) in [4.78, 5) is 0.318. The van der Waals surface area contributed by atoms with Crippen LogP contribution in [0.4, 0.5) is 5.69 Å². The highest BCUT2D eigenvalue weighted by atomic mass is 32.2. The fourth-order valence-corrected chi connectivity index (χ4v) is 3.86. The van der Waals surface area contributed by atoms with Crippen LogP contribution < -0.4 is 5.32 Å². The second-order valence-corrected chi connectivity index (χ2v) is 7.09. The fourth-order valence-electron chi connectivity index (χ4n) is 2.33. The Morgan fingerprint density at radius 2 is 2.05 bits per heavy atom. The first-order valence-electron chi connectivity index (χ1n) is 7.03. The van der Waals surface area contributed by atoms with Crippen LogP contribution in [0.5, 0.6) is 0 Å². The molecule has 6 heteroatoms. The first kappa shape index (κ1) is 15.3. The van der Waals surface area contributed by atoms with E-state index in [2.05, 4.69) is 12.2 Å². The van der Waals surface area contributed by atoms with Gasteiger partial charge in [-0.25, -0.2) is 8.42 Å². The molecule has 0 radical (unpaired) electrons. The van der Waals surface area contributed by atoms with E-state index < -0.39 is 10.0 Å². The van der Waals surface area contributed by atoms with Crippen molar-refractivity contribution in [2.45, 2.75) is 24.7 Å². The number of nitrogens with zero attached hydrogens (tertiary/aromatic N) is 1. The van der Waals surface area contributed by atoms with E-state index in [4.69, 9.17) is 5.11 Å². The molecule has 112 valence electrons. The summed E-state index contributed by atoms with van der Waals surface area (Å²) in [7, 11) is -3.42. The molecule has 5 nitrogen and oxygen atoms in total. The smallest absolute Gasteiger partial charge is 0.243 e. The predicted molar refractivity (Wildman–Crippen MR) is 79.2 cm³/mol. The molecule has 0 aliphatic carbocycles. The van der Waals surface area contributed by atoms with E-state index in [-0.39, 0.29) is 12.5 Å². The maximum absolute atomic E-state index is 12.4. The molecule has 0 spiro atoms. The van der Waals surface area contributed by atoms with Crippen molar-refractivity contribution in [3.05, 3.63) is 24.3 Å². The third-order valence-electron chi connectivity index (χ3n) is 3.58. The number of nitrogens with one attached hydrogen (secondary N) is 1. The summed E-state index contributed by atoms with van der Waals surface area (Å²) in [5, 5.41) is 12.3. The van der Waals surface area contributed by atoms with E-state index in [0.717, 1.165) is 25.1 Å². The number of hydrogen-bond acceptors (Lipinski definition) is 4. The lowest BCUT2D eigenvalue weighted by Gasteiger charge is -2.16. The first-order chi connectivity index (χ1) is 9.57. The molecule has 1 heterocycles. The Bertz CT molecular complexity index is 528. The molecule has 1 aromatic rings. The quantitative estimate of drug-likeness (QED) is 0.835. The Labute approximate surface area is 120 Å². The van der Waals surface area contributed by atoms with Crippen LogP contribution in [0.15, 0.2) is 29.2 Å². The highest BCUT2D eigenvalue weighted by molar-refractivity contribution is 7.89. The van der Waals surface area contributed by atoms with Crippen molar-refractivity contribution in [1.82, 2.24) is 4.31 Å². The molecule has 0 saturated carbocycles. The zero-order valence-corrected chi connectivity index (χ0v) is 12.6. The Morgan fingerprint density at radius 3 is 2.60 bits per heavy atom. The second kappa shape index (κ2) is 6.56. The lowest BCUT2D eigenvalue weighted by atomic mass is 10.1. The maximum atomic E-state index is 12.4. The van der Waals surface area contributed by atoms with Gasteiger partial charge in [0.1, 0.15) is 0 Å². The largest absolute Gasteiger partial charge is 0.396 e. The van der Waals surface area contributed by atoms with Gasteiger partial charge >= 0.3 is 0 Å². The van der Waals surface area contributed by atoms with E-state index >= 15 is 0 Å². The van der Waals surface area contributed by atoms with Crippen LogP contribution in [-0.4, -0.2) is 44.1 Å². The highest BCUT2D eigenvalue weighted by Crippen LogP contribution is 2.24. The molecule has 1 unspecified atom stereocenters. The molecule has 1 aliphatic rings. The van der Waals surface area contributed by atoms with Crippen molar-refractivity contribution in [1.29, 1.82) is 0 Å². The summed E-state index contributed by atoms with van der Waals surface area (Å²) in [6.07, 6.45) is 1.75. The molecule has 1 fully saturated rings. The number of rotatable bonds is 6. The van der Waals surface area contributed by atoms with Crippen molar-refractivity contribution >= 4 is 15.7 Å². The van der Waals surface area contributed by atoms with Crippen LogP contribution in [0.2, 0.25) is 0 Å². The summed E-state index contributed by atoms with van der Waals surface area (Å²) in [5.74, 6) is 0.0651. The molecule has 2 N–H and O–H groups in total. The summed E-state index contributed by atoms with van der Waals surface area (Å²) in [6, 6.07) is 6.86. The molecule has 1 saturated heterocycles. The number of aliphatic hydroxyl groups is 1. The Balaban J connectivity index is 2.10. The Kier molecular flexibility index (Phi) is 5.01. The van der Waals surface area contributed by atoms with Gasteiger partial charge in [-0.05, 0) is 43.0 Å². The number of benzene rings is 1. The minimum Gasteiger partial charge on any atom is -0.396 e. The molecule has 2 rings (SSSR count). The minimum absolute atomic E-state index is 0.0475. The van der Waals surface area contributed by atoms with E-state index in [1.807, 2.05) is 0 Å². The zero-order valence-electron chi connectivity index (χ0n) is 11.7. The third-order valence-corrected chi connectivity index (χ3v) is 5.46. The van der Waals surface area contributed by atoms with Gasteiger partial charge in [-0.3, -0.25) is 0 Å². The van der Waals surface area contributed by atoms with E-state index in [9.17, 15) is 8.42 Å². The number of hydrogen-bond donors (Lipinski definition) is 2. The second-order valence-electron chi connectivity index (χ2n) is 5.15. The summed E-state index contributed by atoms with van der Waals surface area (Å²) < 4.78 is 26.4. The fraction of sp³-hybridized carbons (Fsp3) is 0.571. The van der Waals surface area contributed by atoms with Crippen LogP contribution in [0.25, 0.3) is 0 Å². The first-order valence-corrected chi connectivity index (χ1v) is 8.47. The van der Waals surface area contributed by atoms with Crippen molar-refractivity contribution in [2.24, 2.45) is 5.92 Å². The van der Waals surface area contributed by atoms with Gasteiger partial charge in [0.05, 0.1) is 4.90 Å². The van der Waals surface area contributed by atoms with Crippen LogP contribution in [-0.2, 0) is 10.0 Å². The molecule has 1 aliphatic heterocycles. The van der Waals surface area contributed by atoms with Gasteiger partial charge in [0.25, 0.3) is 0 Å². The maximum Gasteiger partial charge on any atom is 0.243 e. The number of sulfonamides is 1. The van der Waals surface area contributed by atoms with Gasteiger partial charge in [-0.1, -0.05) is 6.92 Å². The standard InChI is InChI=1S/C14H22N2O3S/c1-2-8-15-13-3-5-14(6-4-13)20(18,19)16-9-7-12(10-16)11-17/h3-6,12,15,17H,2,7-11H2,1H3. The summed E-state index contributed by atoms with van der Waals surface area (Å²) in [6.45, 7) is 3.90. The summed E-state index contributed by atoms with van der Waals surface area (Å²) >= 11 is 0.